The van der Waals surface area contributed by atoms with Crippen molar-refractivity contribution in [3.05, 3.63) is 65.0 Å². The molecule has 0 radical (unpaired) electrons. The smallest absolute Gasteiger partial charge is 0.252 e. The molecule has 4 nitrogen and oxygen atoms in total. The summed E-state index contributed by atoms with van der Waals surface area (Å²) in [6.07, 6.45) is 4.39. The van der Waals surface area contributed by atoms with E-state index in [4.69, 9.17) is 0 Å². The standard InChI is InChI=1S/C17H19N3O/c1-12(13-5-8-18-9-6-13)20-17(21)16-4-2-3-14-11-19-10-7-15(14)16/h2-6,8-9,12,19H,7,10-11H2,1H3,(H,20,21)/t12-/m1/s1. The number of amides is 1. The number of nitrogens with zero attached hydrogens (tertiary/aromatic N) is 1. The van der Waals surface area contributed by atoms with Gasteiger partial charge in [0.25, 0.3) is 5.91 Å². The number of rotatable bonds is 3. The minimum atomic E-state index is -0.0296. The number of nitrogens with one attached hydrogen (secondary N) is 2. The Morgan fingerprint density at radius 3 is 2.90 bits per heavy atom. The van der Waals surface area contributed by atoms with Crippen LogP contribution in [0.3, 0.4) is 0 Å². The Bertz CT molecular complexity index is 640. The molecule has 0 fully saturated rings. The number of benzene rings is 1. The second-order valence-electron chi connectivity index (χ2n) is 5.35. The first-order valence-corrected chi connectivity index (χ1v) is 7.28. The van der Waals surface area contributed by atoms with E-state index >= 15 is 0 Å². The van der Waals surface area contributed by atoms with Crippen LogP contribution in [0.25, 0.3) is 0 Å². The van der Waals surface area contributed by atoms with Crippen molar-refractivity contribution in [2.75, 3.05) is 6.54 Å². The Kier molecular flexibility index (Phi) is 3.97. The summed E-state index contributed by atoms with van der Waals surface area (Å²) in [5, 5.41) is 6.41. The first-order chi connectivity index (χ1) is 10.3. The molecule has 0 aliphatic carbocycles. The van der Waals surface area contributed by atoms with E-state index in [0.717, 1.165) is 30.6 Å². The quantitative estimate of drug-likeness (QED) is 0.907. The monoisotopic (exact) mass is 281 g/mol. The summed E-state index contributed by atoms with van der Waals surface area (Å²) in [5.41, 5.74) is 4.26. The largest absolute Gasteiger partial charge is 0.346 e. The van der Waals surface area contributed by atoms with Crippen molar-refractivity contribution in [1.29, 1.82) is 0 Å². The highest BCUT2D eigenvalue weighted by molar-refractivity contribution is 5.96. The van der Waals surface area contributed by atoms with Gasteiger partial charge in [-0.25, -0.2) is 0 Å². The molecule has 1 aliphatic heterocycles. The van der Waals surface area contributed by atoms with E-state index < -0.39 is 0 Å². The minimum Gasteiger partial charge on any atom is -0.346 e. The summed E-state index contributed by atoms with van der Waals surface area (Å²) in [4.78, 5) is 16.6. The number of pyridine rings is 1. The number of aromatic nitrogens is 1. The van der Waals surface area contributed by atoms with Crippen LogP contribution in [-0.2, 0) is 13.0 Å². The maximum Gasteiger partial charge on any atom is 0.252 e. The molecule has 2 N–H and O–H groups in total. The van der Waals surface area contributed by atoms with Crippen molar-refractivity contribution >= 4 is 5.91 Å². The number of carbonyl (C=O) groups excluding carboxylic acids is 1. The first-order valence-electron chi connectivity index (χ1n) is 7.28. The SMILES string of the molecule is C[C@@H](NC(=O)c1cccc2c1CCNC2)c1ccncc1. The molecule has 1 atom stereocenters. The minimum absolute atomic E-state index is 0.00179. The normalized spacial score (nSPS) is 15.1. The van der Waals surface area contributed by atoms with Crippen LogP contribution in [0.4, 0.5) is 0 Å². The maximum atomic E-state index is 12.6. The number of hydrogen-bond acceptors (Lipinski definition) is 3. The van der Waals surface area contributed by atoms with Gasteiger partial charge in [0.05, 0.1) is 6.04 Å². The molecule has 0 saturated carbocycles. The molecule has 1 aliphatic rings. The van der Waals surface area contributed by atoms with Gasteiger partial charge in [-0.15, -0.1) is 0 Å². The first kappa shape index (κ1) is 13.8. The molecular weight excluding hydrogens is 262 g/mol. The predicted molar refractivity (Wildman–Crippen MR) is 82.0 cm³/mol. The molecule has 3 rings (SSSR count). The fraction of sp³-hybridized carbons (Fsp3) is 0.294. The maximum absolute atomic E-state index is 12.6. The van der Waals surface area contributed by atoms with Gasteiger partial charge >= 0.3 is 0 Å². The molecular formula is C17H19N3O. The van der Waals surface area contributed by atoms with Crippen molar-refractivity contribution in [2.45, 2.75) is 25.9 Å². The highest BCUT2D eigenvalue weighted by Gasteiger charge is 2.18. The highest BCUT2D eigenvalue weighted by atomic mass is 16.1. The van der Waals surface area contributed by atoms with Crippen LogP contribution < -0.4 is 10.6 Å². The van der Waals surface area contributed by atoms with E-state index in [2.05, 4.69) is 21.7 Å². The zero-order valence-corrected chi connectivity index (χ0v) is 12.1. The summed E-state index contributed by atoms with van der Waals surface area (Å²) in [6, 6.07) is 9.78. The Labute approximate surface area is 124 Å². The third-order valence-electron chi connectivity index (χ3n) is 3.94. The van der Waals surface area contributed by atoms with Gasteiger partial charge < -0.3 is 10.6 Å². The molecule has 2 aromatic rings. The molecule has 0 bridgehead atoms. The van der Waals surface area contributed by atoms with Crippen molar-refractivity contribution in [3.8, 4) is 0 Å². The van der Waals surface area contributed by atoms with Gasteiger partial charge in [0.2, 0.25) is 0 Å². The van der Waals surface area contributed by atoms with Gasteiger partial charge in [-0.1, -0.05) is 12.1 Å². The van der Waals surface area contributed by atoms with E-state index in [1.54, 1.807) is 12.4 Å². The third-order valence-corrected chi connectivity index (χ3v) is 3.94. The third kappa shape index (κ3) is 2.95. The lowest BCUT2D eigenvalue weighted by atomic mass is 9.95. The van der Waals surface area contributed by atoms with Gasteiger partial charge in [-0.2, -0.15) is 0 Å². The van der Waals surface area contributed by atoms with Crippen molar-refractivity contribution < 1.29 is 4.79 Å². The number of carbonyl (C=O) groups is 1. The molecule has 108 valence electrons. The Balaban J connectivity index is 1.80. The molecule has 21 heavy (non-hydrogen) atoms. The van der Waals surface area contributed by atoms with Gasteiger partial charge in [-0.3, -0.25) is 9.78 Å². The summed E-state index contributed by atoms with van der Waals surface area (Å²) in [5.74, 6) is -0.00179. The second-order valence-corrected chi connectivity index (χ2v) is 5.35. The lowest BCUT2D eigenvalue weighted by molar-refractivity contribution is 0.0938. The fourth-order valence-electron chi connectivity index (χ4n) is 2.75. The molecule has 1 aromatic carbocycles. The van der Waals surface area contributed by atoms with Gasteiger partial charge in [0.15, 0.2) is 0 Å². The molecule has 0 saturated heterocycles. The van der Waals surface area contributed by atoms with Crippen LogP contribution in [-0.4, -0.2) is 17.4 Å². The van der Waals surface area contributed by atoms with E-state index in [0.29, 0.717) is 0 Å². The van der Waals surface area contributed by atoms with E-state index in [1.807, 2.05) is 31.2 Å². The Morgan fingerprint density at radius 1 is 1.29 bits per heavy atom. The van der Waals surface area contributed by atoms with Crippen LogP contribution in [0.1, 0.15) is 40.0 Å². The highest BCUT2D eigenvalue weighted by Crippen LogP contribution is 2.20. The summed E-state index contributed by atoms with van der Waals surface area (Å²) < 4.78 is 0. The lowest BCUT2D eigenvalue weighted by Crippen LogP contribution is -2.30. The van der Waals surface area contributed by atoms with Crippen molar-refractivity contribution in [2.24, 2.45) is 0 Å². The van der Waals surface area contributed by atoms with Crippen molar-refractivity contribution in [3.63, 3.8) is 0 Å². The van der Waals surface area contributed by atoms with Crippen LogP contribution in [0, 0.1) is 0 Å². The van der Waals surface area contributed by atoms with Crippen LogP contribution >= 0.6 is 0 Å². The molecule has 0 spiro atoms. The zero-order valence-electron chi connectivity index (χ0n) is 12.1. The predicted octanol–water partition coefficient (Wildman–Crippen LogP) is 2.22. The molecule has 1 amide bonds. The second kappa shape index (κ2) is 6.06. The molecule has 4 heteroatoms. The van der Waals surface area contributed by atoms with Gasteiger partial charge in [0, 0.05) is 24.5 Å². The van der Waals surface area contributed by atoms with Crippen LogP contribution in [0.15, 0.2) is 42.7 Å². The average Bonchev–Trinajstić information content (AvgIpc) is 2.55. The topological polar surface area (TPSA) is 54.0 Å². The summed E-state index contributed by atoms with van der Waals surface area (Å²) >= 11 is 0. The fourth-order valence-corrected chi connectivity index (χ4v) is 2.75. The number of fused-ring (bicyclic) bond motifs is 1. The summed E-state index contributed by atoms with van der Waals surface area (Å²) in [7, 11) is 0. The molecule has 2 heterocycles. The van der Waals surface area contributed by atoms with E-state index in [9.17, 15) is 4.79 Å². The van der Waals surface area contributed by atoms with Gasteiger partial charge in [0.1, 0.15) is 0 Å². The lowest BCUT2D eigenvalue weighted by Gasteiger charge is -2.21. The van der Waals surface area contributed by atoms with Crippen molar-refractivity contribution in [1.82, 2.24) is 15.6 Å². The summed E-state index contributed by atoms with van der Waals surface area (Å²) in [6.45, 7) is 3.76. The Morgan fingerprint density at radius 2 is 2.10 bits per heavy atom. The Hall–Kier alpha value is -2.20. The molecule has 0 unspecified atom stereocenters. The molecule has 1 aromatic heterocycles. The van der Waals surface area contributed by atoms with Crippen LogP contribution in [0.5, 0.6) is 0 Å². The van der Waals surface area contributed by atoms with Crippen LogP contribution in [0.2, 0.25) is 0 Å². The zero-order chi connectivity index (χ0) is 14.7. The van der Waals surface area contributed by atoms with Gasteiger partial charge in [-0.05, 0) is 54.8 Å². The average molecular weight is 281 g/mol. The van der Waals surface area contributed by atoms with E-state index in [-0.39, 0.29) is 11.9 Å². The number of hydrogen-bond donors (Lipinski definition) is 2. The van der Waals surface area contributed by atoms with E-state index in [1.165, 1.54) is 11.1 Å².